The van der Waals surface area contributed by atoms with Gasteiger partial charge < -0.3 is 5.32 Å². The van der Waals surface area contributed by atoms with Crippen LogP contribution in [0.15, 0.2) is 29.2 Å². The number of nitriles is 1. The Balaban J connectivity index is 2.43. The highest BCUT2D eigenvalue weighted by Gasteiger charge is 2.35. The minimum atomic E-state index is -3.55. The Morgan fingerprint density at radius 2 is 1.95 bits per heavy atom. The molecule has 0 radical (unpaired) electrons. The Morgan fingerprint density at radius 3 is 2.53 bits per heavy atom. The summed E-state index contributed by atoms with van der Waals surface area (Å²) in [5.41, 5.74) is 0.358. The molecule has 0 amide bonds. The highest BCUT2D eigenvalue weighted by molar-refractivity contribution is 7.89. The molecule has 1 aliphatic heterocycles. The summed E-state index contributed by atoms with van der Waals surface area (Å²) in [4.78, 5) is 0.187. The normalized spacial score (nSPS) is 24.9. The van der Waals surface area contributed by atoms with E-state index in [-0.39, 0.29) is 17.0 Å². The molecule has 19 heavy (non-hydrogen) atoms. The van der Waals surface area contributed by atoms with Crippen LogP contribution in [-0.4, -0.2) is 37.9 Å². The molecular formula is C13H17N3O2S. The van der Waals surface area contributed by atoms with E-state index in [2.05, 4.69) is 5.32 Å². The molecule has 2 atom stereocenters. The molecular weight excluding hydrogens is 262 g/mol. The molecule has 1 aromatic carbocycles. The van der Waals surface area contributed by atoms with Gasteiger partial charge >= 0.3 is 0 Å². The van der Waals surface area contributed by atoms with Gasteiger partial charge in [-0.05, 0) is 32.0 Å². The second kappa shape index (κ2) is 5.29. The van der Waals surface area contributed by atoms with E-state index < -0.39 is 10.0 Å². The van der Waals surface area contributed by atoms with Gasteiger partial charge in [-0.1, -0.05) is 6.07 Å². The minimum Gasteiger partial charge on any atom is -0.314 e. The van der Waals surface area contributed by atoms with Crippen molar-refractivity contribution in [1.82, 2.24) is 9.62 Å². The molecule has 1 heterocycles. The molecule has 2 rings (SSSR count). The van der Waals surface area contributed by atoms with Crippen LogP contribution in [0.25, 0.3) is 0 Å². The van der Waals surface area contributed by atoms with Gasteiger partial charge in [0, 0.05) is 25.2 Å². The number of nitrogens with one attached hydrogen (secondary N) is 1. The maximum absolute atomic E-state index is 12.7. The third kappa shape index (κ3) is 2.63. The lowest BCUT2D eigenvalue weighted by atomic mass is 10.2. The van der Waals surface area contributed by atoms with Gasteiger partial charge in [-0.3, -0.25) is 0 Å². The first kappa shape index (κ1) is 14.0. The second-order valence-corrected chi connectivity index (χ2v) is 6.67. The lowest BCUT2D eigenvalue weighted by Gasteiger charge is -2.38. The summed E-state index contributed by atoms with van der Waals surface area (Å²) in [7, 11) is -3.55. The van der Waals surface area contributed by atoms with Crippen LogP contribution in [0.2, 0.25) is 0 Å². The van der Waals surface area contributed by atoms with E-state index in [1.54, 1.807) is 12.1 Å². The fourth-order valence-electron chi connectivity index (χ4n) is 2.44. The Bertz CT molecular complexity index is 597. The number of benzene rings is 1. The quantitative estimate of drug-likeness (QED) is 0.874. The van der Waals surface area contributed by atoms with E-state index in [9.17, 15) is 8.42 Å². The summed E-state index contributed by atoms with van der Waals surface area (Å²) in [5.74, 6) is 0. The monoisotopic (exact) mass is 279 g/mol. The molecule has 1 aliphatic rings. The van der Waals surface area contributed by atoms with Gasteiger partial charge in [-0.25, -0.2) is 8.42 Å². The molecule has 0 aromatic heterocycles. The van der Waals surface area contributed by atoms with Crippen LogP contribution in [-0.2, 0) is 10.0 Å². The highest BCUT2D eigenvalue weighted by Crippen LogP contribution is 2.23. The maximum Gasteiger partial charge on any atom is 0.243 e. The van der Waals surface area contributed by atoms with Gasteiger partial charge in [0.05, 0.1) is 16.5 Å². The van der Waals surface area contributed by atoms with Crippen molar-refractivity contribution in [2.45, 2.75) is 30.8 Å². The zero-order valence-corrected chi connectivity index (χ0v) is 11.8. The third-order valence-corrected chi connectivity index (χ3v) is 5.41. The van der Waals surface area contributed by atoms with E-state index in [4.69, 9.17) is 5.26 Å². The summed E-state index contributed by atoms with van der Waals surface area (Å²) in [5, 5.41) is 12.1. The molecule has 1 unspecified atom stereocenters. The lowest BCUT2D eigenvalue weighted by Crippen LogP contribution is -2.57. The number of rotatable bonds is 2. The van der Waals surface area contributed by atoms with Crippen molar-refractivity contribution in [2.24, 2.45) is 0 Å². The summed E-state index contributed by atoms with van der Waals surface area (Å²) in [6.07, 6.45) is 0. The zero-order chi connectivity index (χ0) is 14.0. The number of hydrogen-bond donors (Lipinski definition) is 1. The average molecular weight is 279 g/mol. The fourth-order valence-corrected chi connectivity index (χ4v) is 4.30. The zero-order valence-electron chi connectivity index (χ0n) is 11.0. The summed E-state index contributed by atoms with van der Waals surface area (Å²) < 4.78 is 26.9. The van der Waals surface area contributed by atoms with Gasteiger partial charge in [0.15, 0.2) is 0 Å². The van der Waals surface area contributed by atoms with Crippen molar-refractivity contribution < 1.29 is 8.42 Å². The van der Waals surface area contributed by atoms with Crippen molar-refractivity contribution in [2.75, 3.05) is 13.1 Å². The van der Waals surface area contributed by atoms with Crippen molar-refractivity contribution in [3.63, 3.8) is 0 Å². The fraction of sp³-hybridized carbons (Fsp3) is 0.462. The number of piperazine rings is 1. The standard InChI is InChI=1S/C13H17N3O2S/c1-10-8-15-9-11(2)16(10)19(17,18)13-5-3-4-12(6-13)7-14/h3-6,10-11,15H,8-9H2,1-2H3/t10-,11?/m0/s1. The van der Waals surface area contributed by atoms with Gasteiger partial charge in [-0.15, -0.1) is 0 Å². The third-order valence-electron chi connectivity index (χ3n) is 3.29. The Hall–Kier alpha value is -1.42. The van der Waals surface area contributed by atoms with Crippen molar-refractivity contribution in [3.8, 4) is 6.07 Å². The summed E-state index contributed by atoms with van der Waals surface area (Å²) in [6.45, 7) is 5.05. The Morgan fingerprint density at radius 1 is 1.32 bits per heavy atom. The van der Waals surface area contributed by atoms with Gasteiger partial charge in [0.25, 0.3) is 0 Å². The topological polar surface area (TPSA) is 73.2 Å². The maximum atomic E-state index is 12.7. The first-order chi connectivity index (χ1) is 8.96. The molecule has 6 heteroatoms. The minimum absolute atomic E-state index is 0.0977. The van der Waals surface area contributed by atoms with Crippen LogP contribution in [0.3, 0.4) is 0 Å². The molecule has 1 N–H and O–H groups in total. The van der Waals surface area contributed by atoms with E-state index in [0.717, 1.165) is 0 Å². The molecule has 0 saturated carbocycles. The van der Waals surface area contributed by atoms with Crippen LogP contribution in [0.4, 0.5) is 0 Å². The molecule has 0 aliphatic carbocycles. The van der Waals surface area contributed by atoms with Crippen molar-refractivity contribution in [3.05, 3.63) is 29.8 Å². The first-order valence-electron chi connectivity index (χ1n) is 6.21. The van der Waals surface area contributed by atoms with Gasteiger partial charge in [0.2, 0.25) is 10.0 Å². The number of nitrogens with zero attached hydrogens (tertiary/aromatic N) is 2. The number of hydrogen-bond acceptors (Lipinski definition) is 4. The SMILES string of the molecule is CC1CNC[C@H](C)N1S(=O)(=O)c1cccc(C#N)c1. The Kier molecular flexibility index (Phi) is 3.90. The van der Waals surface area contributed by atoms with Gasteiger partial charge in [0.1, 0.15) is 0 Å². The van der Waals surface area contributed by atoms with Crippen LogP contribution in [0, 0.1) is 11.3 Å². The van der Waals surface area contributed by atoms with Crippen LogP contribution in [0.5, 0.6) is 0 Å². The second-order valence-electron chi connectivity index (χ2n) is 4.83. The van der Waals surface area contributed by atoms with E-state index in [1.807, 2.05) is 19.9 Å². The predicted molar refractivity (Wildman–Crippen MR) is 72.0 cm³/mol. The Labute approximate surface area is 113 Å². The average Bonchev–Trinajstić information content (AvgIpc) is 2.38. The van der Waals surface area contributed by atoms with Crippen LogP contribution < -0.4 is 5.32 Å². The van der Waals surface area contributed by atoms with E-state index >= 15 is 0 Å². The number of sulfonamides is 1. The van der Waals surface area contributed by atoms with Crippen molar-refractivity contribution >= 4 is 10.0 Å². The van der Waals surface area contributed by atoms with Gasteiger partial charge in [-0.2, -0.15) is 9.57 Å². The molecule has 0 bridgehead atoms. The molecule has 1 fully saturated rings. The largest absolute Gasteiger partial charge is 0.314 e. The lowest BCUT2D eigenvalue weighted by molar-refractivity contribution is 0.220. The molecule has 1 aromatic rings. The van der Waals surface area contributed by atoms with E-state index in [0.29, 0.717) is 18.7 Å². The first-order valence-corrected chi connectivity index (χ1v) is 7.65. The molecule has 5 nitrogen and oxygen atoms in total. The smallest absolute Gasteiger partial charge is 0.243 e. The highest BCUT2D eigenvalue weighted by atomic mass is 32.2. The van der Waals surface area contributed by atoms with Crippen LogP contribution >= 0.6 is 0 Å². The predicted octanol–water partition coefficient (Wildman–Crippen LogP) is 0.929. The summed E-state index contributed by atoms with van der Waals surface area (Å²) >= 11 is 0. The molecule has 1 saturated heterocycles. The van der Waals surface area contributed by atoms with E-state index in [1.165, 1.54) is 16.4 Å². The molecule has 0 spiro atoms. The van der Waals surface area contributed by atoms with Crippen LogP contribution in [0.1, 0.15) is 19.4 Å². The molecule has 102 valence electrons. The summed E-state index contributed by atoms with van der Waals surface area (Å²) in [6, 6.07) is 7.94. The van der Waals surface area contributed by atoms with Crippen molar-refractivity contribution in [1.29, 1.82) is 5.26 Å².